The predicted molar refractivity (Wildman–Crippen MR) is 259 cm³/mol. The number of aliphatic hydroxyl groups excluding tert-OH is 8. The van der Waals surface area contributed by atoms with Gasteiger partial charge in [0.15, 0.2) is 12.6 Å². The van der Waals surface area contributed by atoms with Crippen LogP contribution in [0.4, 0.5) is 0 Å². The topological polar surface area (TPSA) is 401 Å². The molecule has 6 amide bonds. The monoisotopic (exact) mass is 1070 g/mol. The number of methoxy groups -OCH3 is 1. The van der Waals surface area contributed by atoms with Gasteiger partial charge in [-0.3, -0.25) is 28.8 Å². The van der Waals surface area contributed by atoms with E-state index in [-0.39, 0.29) is 121 Å². The Hall–Kier alpha value is -3.78. The van der Waals surface area contributed by atoms with Crippen molar-refractivity contribution >= 4 is 35.4 Å². The fourth-order valence-electron chi connectivity index (χ4n) is 7.56. The fourth-order valence-corrected chi connectivity index (χ4v) is 7.56. The van der Waals surface area contributed by atoms with Crippen molar-refractivity contribution in [1.29, 1.82) is 0 Å². The van der Waals surface area contributed by atoms with Crippen LogP contribution in [0.1, 0.15) is 96.3 Å². The zero-order valence-electron chi connectivity index (χ0n) is 42.7. The summed E-state index contributed by atoms with van der Waals surface area (Å²) >= 11 is 0. The molecule has 0 radical (unpaired) electrons. The van der Waals surface area contributed by atoms with Gasteiger partial charge in [-0.15, -0.1) is 0 Å². The molecule has 4 unspecified atom stereocenters. The maximum atomic E-state index is 12.9. The van der Waals surface area contributed by atoms with Gasteiger partial charge < -0.3 is 106 Å². The van der Waals surface area contributed by atoms with Crippen molar-refractivity contribution in [3.8, 4) is 0 Å². The standard InChI is InChI=1S/C47H86N6O21/c1-68-21-8-3-2-6-16-48-37(59)26-31(12-4-7-17-49-38(60)29-69-24-19-51-34(56)13-5-9-22-71-46-44(66)42(64)40(62)32(27-54)73-46)53-36(58)14-10-18-50-39(61)30-70-25-20-52-35(57)15-11-23-72-47-45(67)43(65)41(63)33(28-55)74-47/h31-33,40-47,54-55,62-67H,2-30H2,1H3,(H,48,59)(H,49,60)(H,50,61)(H,51,56)(H,52,57)(H,53,58)/t31-,32?,33?,40+,41+,42-,43-,44?,45?,46+,47+/m0/s1. The highest BCUT2D eigenvalue weighted by Gasteiger charge is 2.45. The molecule has 2 fully saturated rings. The summed E-state index contributed by atoms with van der Waals surface area (Å²) < 4.78 is 37.1. The van der Waals surface area contributed by atoms with E-state index in [1.165, 1.54) is 0 Å². The van der Waals surface area contributed by atoms with E-state index in [1.54, 1.807) is 7.11 Å². The van der Waals surface area contributed by atoms with Crippen molar-refractivity contribution in [1.82, 2.24) is 31.9 Å². The van der Waals surface area contributed by atoms with Crippen LogP contribution in [0.25, 0.3) is 0 Å². The lowest BCUT2D eigenvalue weighted by molar-refractivity contribution is -0.301. The molecule has 0 aromatic carbocycles. The van der Waals surface area contributed by atoms with E-state index in [4.69, 9.17) is 33.2 Å². The molecule has 74 heavy (non-hydrogen) atoms. The summed E-state index contributed by atoms with van der Waals surface area (Å²) in [6, 6.07) is -0.461. The van der Waals surface area contributed by atoms with E-state index >= 15 is 0 Å². The summed E-state index contributed by atoms with van der Waals surface area (Å²) in [5, 5.41) is 94.6. The first-order valence-corrected chi connectivity index (χ1v) is 25.7. The maximum Gasteiger partial charge on any atom is 0.245 e. The molecule has 0 aliphatic carbocycles. The van der Waals surface area contributed by atoms with Crippen LogP contribution < -0.4 is 31.9 Å². The summed E-state index contributed by atoms with van der Waals surface area (Å²) in [6.07, 6.45) is -6.62. The van der Waals surface area contributed by atoms with Gasteiger partial charge in [-0.2, -0.15) is 0 Å². The number of amides is 6. The third-order valence-electron chi connectivity index (χ3n) is 11.8. The molecule has 2 aliphatic rings. The molecule has 2 aliphatic heterocycles. The number of carbonyl (C=O) groups is 6. The van der Waals surface area contributed by atoms with E-state index in [0.29, 0.717) is 58.2 Å². The molecule has 2 heterocycles. The third kappa shape index (κ3) is 28.9. The molecule has 27 nitrogen and oxygen atoms in total. The zero-order chi connectivity index (χ0) is 54.5. The molecule has 11 atom stereocenters. The molecule has 0 bridgehead atoms. The Bertz CT molecular complexity index is 1570. The number of rotatable bonds is 42. The first-order chi connectivity index (χ1) is 35.6. The molecule has 0 aromatic rings. The lowest BCUT2D eigenvalue weighted by atomic mass is 9.99. The average Bonchev–Trinajstić information content (AvgIpc) is 3.37. The van der Waals surface area contributed by atoms with Crippen LogP contribution in [-0.2, 0) is 61.9 Å². The Balaban J connectivity index is 1.57. The summed E-state index contributed by atoms with van der Waals surface area (Å²) in [7, 11) is 1.65. The highest BCUT2D eigenvalue weighted by Crippen LogP contribution is 2.23. The minimum atomic E-state index is -1.56. The largest absolute Gasteiger partial charge is 0.394 e. The second-order valence-corrected chi connectivity index (χ2v) is 18.0. The molecule has 2 saturated heterocycles. The molecule has 0 saturated carbocycles. The first-order valence-electron chi connectivity index (χ1n) is 25.7. The normalized spacial score (nSPS) is 24.1. The molecule has 2 rings (SSSR count). The minimum Gasteiger partial charge on any atom is -0.394 e. The quantitative estimate of drug-likeness (QED) is 0.0255. The Kier molecular flexibility index (Phi) is 36.3. The predicted octanol–water partition coefficient (Wildman–Crippen LogP) is -4.78. The van der Waals surface area contributed by atoms with E-state index in [0.717, 1.165) is 25.7 Å². The summed E-state index contributed by atoms with van der Waals surface area (Å²) in [5.74, 6) is -1.80. The van der Waals surface area contributed by atoms with E-state index < -0.39 is 86.6 Å². The Morgan fingerprint density at radius 1 is 0.446 bits per heavy atom. The molecular weight excluding hydrogens is 985 g/mol. The maximum absolute atomic E-state index is 12.9. The van der Waals surface area contributed by atoms with Crippen LogP contribution in [0.15, 0.2) is 0 Å². The number of hydrogen-bond donors (Lipinski definition) is 14. The third-order valence-corrected chi connectivity index (χ3v) is 11.8. The van der Waals surface area contributed by atoms with Gasteiger partial charge in [0.05, 0.1) is 33.0 Å². The van der Waals surface area contributed by atoms with Crippen molar-refractivity contribution in [2.24, 2.45) is 0 Å². The lowest BCUT2D eigenvalue weighted by Gasteiger charge is -2.39. The first kappa shape index (κ1) is 66.3. The molecule has 0 spiro atoms. The van der Waals surface area contributed by atoms with E-state index in [2.05, 4.69) is 31.9 Å². The summed E-state index contributed by atoms with van der Waals surface area (Å²) in [4.78, 5) is 74.6. The van der Waals surface area contributed by atoms with Crippen LogP contribution in [0.2, 0.25) is 0 Å². The number of carbonyl (C=O) groups excluding carboxylic acids is 6. The minimum absolute atomic E-state index is 0.00716. The molecule has 27 heteroatoms. The lowest BCUT2D eigenvalue weighted by Crippen LogP contribution is -2.59. The summed E-state index contributed by atoms with van der Waals surface area (Å²) in [6.45, 7) is 0.662. The van der Waals surface area contributed by atoms with Gasteiger partial charge in [0.2, 0.25) is 35.4 Å². The van der Waals surface area contributed by atoms with Crippen LogP contribution in [0.5, 0.6) is 0 Å². The van der Waals surface area contributed by atoms with Crippen LogP contribution in [0.3, 0.4) is 0 Å². The van der Waals surface area contributed by atoms with Crippen molar-refractivity contribution in [2.75, 3.05) is 99.3 Å². The second-order valence-electron chi connectivity index (χ2n) is 18.0. The smallest absolute Gasteiger partial charge is 0.245 e. The van der Waals surface area contributed by atoms with Gasteiger partial charge in [-0.1, -0.05) is 12.8 Å². The van der Waals surface area contributed by atoms with E-state index in [1.807, 2.05) is 0 Å². The van der Waals surface area contributed by atoms with Gasteiger partial charge in [-0.25, -0.2) is 0 Å². The average molecular weight is 1070 g/mol. The number of nitrogens with one attached hydrogen (secondary N) is 6. The zero-order valence-corrected chi connectivity index (χ0v) is 42.7. The van der Waals surface area contributed by atoms with E-state index in [9.17, 15) is 69.6 Å². The van der Waals surface area contributed by atoms with Gasteiger partial charge >= 0.3 is 0 Å². The molecule has 14 N–H and O–H groups in total. The van der Waals surface area contributed by atoms with Crippen LogP contribution in [0, 0.1) is 0 Å². The Morgan fingerprint density at radius 3 is 1.43 bits per heavy atom. The number of ether oxygens (including phenoxy) is 7. The van der Waals surface area contributed by atoms with Crippen LogP contribution >= 0.6 is 0 Å². The number of aliphatic hydroxyl groups is 8. The molecular formula is C47H86N6O21. The van der Waals surface area contributed by atoms with Crippen molar-refractivity contribution in [2.45, 2.75) is 164 Å². The van der Waals surface area contributed by atoms with Crippen LogP contribution in [-0.4, -0.2) is 243 Å². The SMILES string of the molecule is COCCCCCCNC(=O)C[C@H](CCCCNC(=O)COCCNC(=O)CCCCO[C@@H]1OC(CO)[C@@H](O)[C@H](O)C1O)NC(=O)CCCNC(=O)COCCNC(=O)CCCO[C@@H]1OC(CO)[C@@H](O)[C@H](O)C1O. The highest BCUT2D eigenvalue weighted by atomic mass is 16.7. The Labute approximate surface area is 432 Å². The Morgan fingerprint density at radius 2 is 0.892 bits per heavy atom. The highest BCUT2D eigenvalue weighted by molar-refractivity contribution is 5.80. The molecule has 0 aromatic heterocycles. The van der Waals surface area contributed by atoms with Crippen molar-refractivity contribution in [3.63, 3.8) is 0 Å². The molecule has 430 valence electrons. The van der Waals surface area contributed by atoms with Gasteiger partial charge in [-0.05, 0) is 57.8 Å². The van der Waals surface area contributed by atoms with Crippen molar-refractivity contribution < 1.29 is 103 Å². The number of unbranched alkanes of at least 4 members (excludes halogenated alkanes) is 5. The van der Waals surface area contributed by atoms with Gasteiger partial charge in [0.25, 0.3) is 0 Å². The van der Waals surface area contributed by atoms with Gasteiger partial charge in [0.1, 0.15) is 62.0 Å². The fraction of sp³-hybridized carbons (Fsp3) is 0.872. The van der Waals surface area contributed by atoms with Crippen molar-refractivity contribution in [3.05, 3.63) is 0 Å². The van der Waals surface area contributed by atoms with Gasteiger partial charge in [0, 0.05) is 84.8 Å². The summed E-state index contributed by atoms with van der Waals surface area (Å²) in [5.41, 5.74) is 0. The number of hydrogen-bond acceptors (Lipinski definition) is 21. The second kappa shape index (κ2) is 40.5.